The molecule has 0 nitrogen and oxygen atoms in total. The average Bonchev–Trinajstić information content (AvgIpc) is 3.71. The lowest BCUT2D eigenvalue weighted by Gasteiger charge is -2.05. The molecule has 0 fully saturated rings. The highest BCUT2D eigenvalue weighted by molar-refractivity contribution is 8.80. The van der Waals surface area contributed by atoms with Crippen molar-refractivity contribution in [1.29, 1.82) is 0 Å². The molecule has 0 spiro atoms. The van der Waals surface area contributed by atoms with Crippen molar-refractivity contribution in [1.82, 2.24) is 0 Å². The smallest absolute Gasteiger partial charge is 0.0768 e. The molecule has 4 heterocycles. The van der Waals surface area contributed by atoms with E-state index < -0.39 is 0 Å². The number of allylic oxidation sites excluding steroid dienone is 1. The Morgan fingerprint density at radius 3 is 1.22 bits per heavy atom. The monoisotopic (exact) mass is 788 g/mol. The summed E-state index contributed by atoms with van der Waals surface area (Å²) in [7, 11) is 4.02. The summed E-state index contributed by atoms with van der Waals surface area (Å²) in [5.41, 5.74) is 0. The summed E-state index contributed by atoms with van der Waals surface area (Å²) in [6, 6.07) is 0. The van der Waals surface area contributed by atoms with Gasteiger partial charge in [0, 0.05) is 10.7 Å². The highest BCUT2D eigenvalue weighted by Gasteiger charge is 2.31. The first kappa shape index (κ1) is 33.9. The molecule has 0 atom stereocenters. The Hall–Kier alpha value is 4.04. The Bertz CT molecular complexity index is 958. The fraction of sp³-hybridized carbons (Fsp3) is 0.429. The van der Waals surface area contributed by atoms with Crippen molar-refractivity contribution >= 4 is 186 Å². The predicted molar refractivity (Wildman–Crippen MR) is 213 cm³/mol. The Morgan fingerprint density at radius 2 is 0.784 bits per heavy atom. The SMILES string of the molecule is CSC1=C(CCCSSC2=C(SC)SC(=C3SC(SC)=C(SC)S3)S2)SC(=C2SC(SC)=C(SC)S2)S1. The lowest BCUT2D eigenvalue weighted by molar-refractivity contribution is 0.964. The van der Waals surface area contributed by atoms with Crippen LogP contribution < -0.4 is 0 Å². The van der Waals surface area contributed by atoms with Gasteiger partial charge in [0.15, 0.2) is 0 Å². The highest BCUT2D eigenvalue weighted by Crippen LogP contribution is 2.67. The fourth-order valence-electron chi connectivity index (χ4n) is 2.84. The summed E-state index contributed by atoms with van der Waals surface area (Å²) in [5.74, 6) is 1.19. The molecule has 0 bridgehead atoms. The van der Waals surface area contributed by atoms with Gasteiger partial charge in [0.25, 0.3) is 0 Å². The third-order valence-electron chi connectivity index (χ3n) is 4.45. The molecule has 0 radical (unpaired) electrons. The number of hydrogen-bond donors (Lipinski definition) is 0. The molecule has 4 rings (SSSR count). The van der Waals surface area contributed by atoms with Crippen LogP contribution in [0.1, 0.15) is 12.8 Å². The molecule has 0 saturated carbocycles. The van der Waals surface area contributed by atoms with E-state index in [1.807, 2.05) is 186 Å². The van der Waals surface area contributed by atoms with Crippen LogP contribution in [0.4, 0.5) is 0 Å². The molecular formula is C21H24S16. The van der Waals surface area contributed by atoms with Gasteiger partial charge < -0.3 is 0 Å². The van der Waals surface area contributed by atoms with E-state index in [9.17, 15) is 0 Å². The van der Waals surface area contributed by atoms with Gasteiger partial charge in [-0.3, -0.25) is 0 Å². The minimum atomic E-state index is 1.19. The predicted octanol–water partition coefficient (Wildman–Crippen LogP) is 14.0. The Labute approximate surface area is 289 Å². The molecule has 37 heavy (non-hydrogen) atoms. The van der Waals surface area contributed by atoms with Gasteiger partial charge in [0.2, 0.25) is 0 Å². The first-order chi connectivity index (χ1) is 18.0. The zero-order chi connectivity index (χ0) is 26.4. The van der Waals surface area contributed by atoms with Gasteiger partial charge >= 0.3 is 0 Å². The minimum absolute atomic E-state index is 1.19. The summed E-state index contributed by atoms with van der Waals surface area (Å²) in [4.78, 5) is 1.58. The molecule has 0 amide bonds. The van der Waals surface area contributed by atoms with Gasteiger partial charge in [-0.15, -0.1) is 70.6 Å². The van der Waals surface area contributed by atoms with Crippen molar-refractivity contribution in [2.45, 2.75) is 12.8 Å². The molecular weight excluding hydrogens is 765 g/mol. The Balaban J connectivity index is 1.25. The van der Waals surface area contributed by atoms with Crippen LogP contribution in [0.25, 0.3) is 0 Å². The van der Waals surface area contributed by atoms with Crippen molar-refractivity contribution in [3.8, 4) is 0 Å². The Kier molecular flexibility index (Phi) is 16.1. The van der Waals surface area contributed by atoms with E-state index in [0.717, 1.165) is 0 Å². The maximum absolute atomic E-state index is 2.23. The zero-order valence-electron chi connectivity index (χ0n) is 20.7. The second kappa shape index (κ2) is 17.5. The van der Waals surface area contributed by atoms with Crippen LogP contribution >= 0.6 is 186 Å². The topological polar surface area (TPSA) is 0 Å². The third kappa shape index (κ3) is 9.04. The maximum atomic E-state index is 2.23. The van der Waals surface area contributed by atoms with Crippen LogP contribution in [-0.2, 0) is 0 Å². The van der Waals surface area contributed by atoms with Crippen LogP contribution in [0, 0.1) is 0 Å². The molecule has 0 saturated heterocycles. The third-order valence-corrected chi connectivity index (χ3v) is 26.9. The molecule has 0 aromatic rings. The van der Waals surface area contributed by atoms with E-state index in [-0.39, 0.29) is 0 Å². The first-order valence-electron chi connectivity index (χ1n) is 10.5. The lowest BCUT2D eigenvalue weighted by atomic mass is 10.3. The van der Waals surface area contributed by atoms with Gasteiger partial charge in [-0.1, -0.05) is 105 Å². The normalized spacial score (nSPS) is 20.9. The van der Waals surface area contributed by atoms with Gasteiger partial charge in [-0.05, 0) is 61.2 Å². The van der Waals surface area contributed by atoms with Crippen molar-refractivity contribution in [2.75, 3.05) is 43.3 Å². The quantitative estimate of drug-likeness (QED) is 0.136. The Morgan fingerprint density at radius 1 is 0.432 bits per heavy atom. The van der Waals surface area contributed by atoms with E-state index in [2.05, 4.69) is 37.5 Å². The summed E-state index contributed by atoms with van der Waals surface area (Å²) < 4.78 is 16.2. The molecule has 4 aliphatic rings. The highest BCUT2D eigenvalue weighted by atomic mass is 33.1. The van der Waals surface area contributed by atoms with Gasteiger partial charge in [-0.2, -0.15) is 0 Å². The van der Waals surface area contributed by atoms with Crippen molar-refractivity contribution in [3.05, 3.63) is 51.5 Å². The number of thioether (sulfide) groups is 14. The van der Waals surface area contributed by atoms with E-state index in [4.69, 9.17) is 0 Å². The summed E-state index contributed by atoms with van der Waals surface area (Å²) in [6.07, 6.45) is 15.6. The van der Waals surface area contributed by atoms with E-state index in [1.54, 1.807) is 4.91 Å². The van der Waals surface area contributed by atoms with Gasteiger partial charge in [0.05, 0.1) is 46.6 Å². The largest absolute Gasteiger partial charge is 0.122 e. The minimum Gasteiger partial charge on any atom is -0.122 e. The van der Waals surface area contributed by atoms with E-state index in [0.29, 0.717) is 0 Å². The van der Waals surface area contributed by atoms with Crippen LogP contribution in [0.3, 0.4) is 0 Å². The number of hydrogen-bond acceptors (Lipinski definition) is 16. The molecule has 0 N–H and O–H groups in total. The van der Waals surface area contributed by atoms with Crippen LogP contribution in [0.2, 0.25) is 0 Å². The molecule has 16 heteroatoms. The molecule has 0 aliphatic carbocycles. The molecule has 204 valence electrons. The second-order valence-electron chi connectivity index (χ2n) is 6.64. The van der Waals surface area contributed by atoms with Crippen molar-refractivity contribution < 1.29 is 0 Å². The summed E-state index contributed by atoms with van der Waals surface area (Å²) in [5, 5.41) is 0. The zero-order valence-corrected chi connectivity index (χ0v) is 33.7. The second-order valence-corrected chi connectivity index (χ2v) is 25.1. The molecule has 0 unspecified atom stereocenters. The lowest BCUT2D eigenvalue weighted by Crippen LogP contribution is -1.81. The van der Waals surface area contributed by atoms with Crippen LogP contribution in [0.15, 0.2) is 51.5 Å². The molecule has 0 aromatic carbocycles. The maximum Gasteiger partial charge on any atom is 0.0768 e. The van der Waals surface area contributed by atoms with Crippen molar-refractivity contribution in [2.24, 2.45) is 0 Å². The van der Waals surface area contributed by atoms with E-state index >= 15 is 0 Å². The summed E-state index contributed by atoms with van der Waals surface area (Å²) >= 11 is 27.2. The fourth-order valence-corrected chi connectivity index (χ4v) is 24.5. The van der Waals surface area contributed by atoms with Crippen LogP contribution in [-0.4, -0.2) is 43.3 Å². The summed E-state index contributed by atoms with van der Waals surface area (Å²) in [6.45, 7) is 0. The first-order valence-corrected chi connectivity index (χ1v) is 26.7. The average molecular weight is 789 g/mol. The van der Waals surface area contributed by atoms with Gasteiger partial charge in [0.1, 0.15) is 0 Å². The van der Waals surface area contributed by atoms with E-state index in [1.165, 1.54) is 65.2 Å². The van der Waals surface area contributed by atoms with Crippen molar-refractivity contribution in [3.63, 3.8) is 0 Å². The van der Waals surface area contributed by atoms with Gasteiger partial charge in [-0.25, -0.2) is 0 Å². The molecule has 4 aliphatic heterocycles. The number of rotatable bonds is 12. The van der Waals surface area contributed by atoms with Crippen LogP contribution in [0.5, 0.6) is 0 Å². The molecule has 0 aromatic heterocycles. The standard InChI is InChI=1S/C21H24S16/c1-22-11-10(29-17(30-11)18-31-12(23-2)13(24-3)32-18)8-7-9-28-37-21-16(27-6)35-20(36-21)19-33-14(25-4)15(26-5)34-19/h7-9H2,1-6H3.